The van der Waals surface area contributed by atoms with Crippen LogP contribution in [0.5, 0.6) is 0 Å². The molecule has 0 bridgehead atoms. The summed E-state index contributed by atoms with van der Waals surface area (Å²) in [5, 5.41) is 16.5. The van der Waals surface area contributed by atoms with Crippen LogP contribution in [0.4, 0.5) is 5.82 Å². The van der Waals surface area contributed by atoms with Crippen LogP contribution in [0, 0.1) is 5.92 Å². The van der Waals surface area contributed by atoms with Crippen LogP contribution in [0.3, 0.4) is 0 Å². The van der Waals surface area contributed by atoms with Crippen LogP contribution in [-0.4, -0.2) is 38.9 Å². The highest BCUT2D eigenvalue weighted by Crippen LogP contribution is 2.28. The van der Waals surface area contributed by atoms with E-state index in [1.54, 1.807) is 4.52 Å². The van der Waals surface area contributed by atoms with Gasteiger partial charge < -0.3 is 10.1 Å². The summed E-state index contributed by atoms with van der Waals surface area (Å²) in [5.74, 6) is 1.30. The number of anilines is 1. The molecule has 2 aromatic heterocycles. The molecule has 2 heterocycles. The number of benzene rings is 1. The average Bonchev–Trinajstić information content (AvgIpc) is 3.28. The molecule has 1 saturated carbocycles. The minimum absolute atomic E-state index is 0.0268. The third-order valence-electron chi connectivity index (χ3n) is 4.61. The second-order valence-electron chi connectivity index (χ2n) is 6.25. The number of hydrogen-bond donors (Lipinski definition) is 1. The fourth-order valence-corrected chi connectivity index (χ4v) is 3.34. The van der Waals surface area contributed by atoms with Gasteiger partial charge >= 0.3 is 5.97 Å². The molecule has 128 valence electrons. The van der Waals surface area contributed by atoms with Gasteiger partial charge in [-0.2, -0.15) is 4.52 Å². The molecule has 0 saturated heterocycles. The average molecular weight is 337 g/mol. The number of hydrogen-bond acceptors (Lipinski definition) is 6. The number of nitrogens with one attached hydrogen (secondary N) is 1. The van der Waals surface area contributed by atoms with E-state index in [0.717, 1.165) is 30.6 Å². The van der Waals surface area contributed by atoms with Crippen LogP contribution in [0.2, 0.25) is 0 Å². The number of carbonyl (C=O) groups excluding carboxylic acids is 1. The van der Waals surface area contributed by atoms with Crippen molar-refractivity contribution in [3.05, 3.63) is 42.5 Å². The quantitative estimate of drug-likeness (QED) is 0.737. The lowest BCUT2D eigenvalue weighted by atomic mass is 10.1. The zero-order valence-corrected chi connectivity index (χ0v) is 13.9. The monoisotopic (exact) mass is 337 g/mol. The summed E-state index contributed by atoms with van der Waals surface area (Å²) >= 11 is 0. The molecule has 4 rings (SSSR count). The van der Waals surface area contributed by atoms with E-state index >= 15 is 0 Å². The summed E-state index contributed by atoms with van der Waals surface area (Å²) in [5.41, 5.74) is 1.66. The normalized spacial score (nSPS) is 19.9. The standard InChI is InChI=1S/C18H19N5O2/c1-25-18(24)13-7-8-14(11-13)19-15-9-10-16-20-21-17(23(16)22-15)12-5-3-2-4-6-12/h2-6,9-10,13-14H,7-8,11H2,1H3,(H,19,22)/t13-,14+/m0/s1. The van der Waals surface area contributed by atoms with Crippen LogP contribution in [-0.2, 0) is 9.53 Å². The third-order valence-corrected chi connectivity index (χ3v) is 4.61. The van der Waals surface area contributed by atoms with Gasteiger partial charge in [-0.1, -0.05) is 30.3 Å². The number of aromatic nitrogens is 4. The fourth-order valence-electron chi connectivity index (χ4n) is 3.34. The van der Waals surface area contributed by atoms with Crippen LogP contribution in [0.15, 0.2) is 42.5 Å². The predicted molar refractivity (Wildman–Crippen MR) is 93.0 cm³/mol. The maximum absolute atomic E-state index is 11.7. The summed E-state index contributed by atoms with van der Waals surface area (Å²) in [6.45, 7) is 0. The number of esters is 1. The Labute approximate surface area is 145 Å². The van der Waals surface area contributed by atoms with Crippen molar-refractivity contribution >= 4 is 17.4 Å². The molecule has 2 atom stereocenters. The first-order chi connectivity index (χ1) is 12.2. The van der Waals surface area contributed by atoms with Gasteiger partial charge in [0.15, 0.2) is 11.5 Å². The van der Waals surface area contributed by atoms with Crippen molar-refractivity contribution in [2.24, 2.45) is 5.92 Å². The Hall–Kier alpha value is -2.96. The Bertz CT molecular complexity index is 893. The molecule has 7 heteroatoms. The van der Waals surface area contributed by atoms with E-state index in [4.69, 9.17) is 4.74 Å². The first-order valence-electron chi connectivity index (χ1n) is 8.37. The van der Waals surface area contributed by atoms with Crippen molar-refractivity contribution < 1.29 is 9.53 Å². The topological polar surface area (TPSA) is 81.4 Å². The molecule has 0 radical (unpaired) electrons. The largest absolute Gasteiger partial charge is 0.469 e. The van der Waals surface area contributed by atoms with Crippen molar-refractivity contribution in [3.63, 3.8) is 0 Å². The van der Waals surface area contributed by atoms with Crippen LogP contribution in [0.25, 0.3) is 17.0 Å². The second-order valence-corrected chi connectivity index (χ2v) is 6.25. The molecule has 3 aromatic rings. The zero-order chi connectivity index (χ0) is 17.2. The SMILES string of the molecule is COC(=O)[C@H]1CC[C@@H](Nc2ccc3nnc(-c4ccccc4)n3n2)C1. The van der Waals surface area contributed by atoms with E-state index in [0.29, 0.717) is 11.5 Å². The van der Waals surface area contributed by atoms with Crippen molar-refractivity contribution in [3.8, 4) is 11.4 Å². The molecular weight excluding hydrogens is 318 g/mol. The first-order valence-corrected chi connectivity index (χ1v) is 8.37. The van der Waals surface area contributed by atoms with Crippen LogP contribution < -0.4 is 5.32 Å². The lowest BCUT2D eigenvalue weighted by Gasteiger charge is -2.13. The number of fused-ring (bicyclic) bond motifs is 1. The van der Waals surface area contributed by atoms with Gasteiger partial charge in [0.2, 0.25) is 0 Å². The predicted octanol–water partition coefficient (Wildman–Crippen LogP) is 2.54. The van der Waals surface area contributed by atoms with Gasteiger partial charge in [-0.15, -0.1) is 15.3 Å². The Morgan fingerprint density at radius 1 is 1.16 bits per heavy atom. The highest BCUT2D eigenvalue weighted by Gasteiger charge is 2.30. The van der Waals surface area contributed by atoms with Crippen LogP contribution >= 0.6 is 0 Å². The molecule has 1 aromatic carbocycles. The number of carbonyl (C=O) groups is 1. The molecule has 1 aliphatic carbocycles. The molecule has 1 N–H and O–H groups in total. The van der Waals surface area contributed by atoms with Gasteiger partial charge in [0, 0.05) is 11.6 Å². The summed E-state index contributed by atoms with van der Waals surface area (Å²) in [6, 6.07) is 13.8. The number of nitrogens with zero attached hydrogens (tertiary/aromatic N) is 4. The van der Waals surface area contributed by atoms with E-state index in [1.165, 1.54) is 7.11 Å². The maximum atomic E-state index is 11.7. The molecule has 1 aliphatic rings. The summed E-state index contributed by atoms with van der Waals surface area (Å²) in [4.78, 5) is 11.7. The Morgan fingerprint density at radius 3 is 2.80 bits per heavy atom. The molecule has 0 spiro atoms. The Morgan fingerprint density at radius 2 is 2.00 bits per heavy atom. The van der Waals surface area contributed by atoms with Crippen molar-refractivity contribution in [2.75, 3.05) is 12.4 Å². The summed E-state index contributed by atoms with van der Waals surface area (Å²) in [6.07, 6.45) is 2.53. The molecule has 0 unspecified atom stereocenters. The molecule has 25 heavy (non-hydrogen) atoms. The molecule has 7 nitrogen and oxygen atoms in total. The molecule has 0 amide bonds. The van der Waals surface area contributed by atoms with Crippen molar-refractivity contribution in [1.82, 2.24) is 19.8 Å². The summed E-state index contributed by atoms with van der Waals surface area (Å²) in [7, 11) is 1.44. The van der Waals surface area contributed by atoms with E-state index in [-0.39, 0.29) is 17.9 Å². The van der Waals surface area contributed by atoms with Gasteiger partial charge in [-0.25, -0.2) is 0 Å². The number of rotatable bonds is 4. The Kier molecular flexibility index (Phi) is 4.05. The second kappa shape index (κ2) is 6.51. The van der Waals surface area contributed by atoms with Gasteiger partial charge in [0.1, 0.15) is 5.82 Å². The highest BCUT2D eigenvalue weighted by atomic mass is 16.5. The third kappa shape index (κ3) is 3.05. The first kappa shape index (κ1) is 15.6. The van der Waals surface area contributed by atoms with E-state index < -0.39 is 0 Å². The molecule has 1 fully saturated rings. The lowest BCUT2D eigenvalue weighted by Crippen LogP contribution is -2.19. The smallest absolute Gasteiger partial charge is 0.308 e. The van der Waals surface area contributed by atoms with Gasteiger partial charge in [0.25, 0.3) is 0 Å². The number of ether oxygens (including phenoxy) is 1. The van der Waals surface area contributed by atoms with E-state index in [1.807, 2.05) is 42.5 Å². The minimum atomic E-state index is -0.127. The Balaban J connectivity index is 1.56. The molecular formula is C18H19N5O2. The van der Waals surface area contributed by atoms with E-state index in [9.17, 15) is 4.79 Å². The minimum Gasteiger partial charge on any atom is -0.469 e. The van der Waals surface area contributed by atoms with Gasteiger partial charge in [-0.05, 0) is 31.4 Å². The number of methoxy groups -OCH3 is 1. The van der Waals surface area contributed by atoms with Gasteiger partial charge in [0.05, 0.1) is 13.0 Å². The van der Waals surface area contributed by atoms with Crippen molar-refractivity contribution in [1.29, 1.82) is 0 Å². The zero-order valence-electron chi connectivity index (χ0n) is 13.9. The van der Waals surface area contributed by atoms with Gasteiger partial charge in [-0.3, -0.25) is 4.79 Å². The summed E-state index contributed by atoms with van der Waals surface area (Å²) < 4.78 is 6.58. The van der Waals surface area contributed by atoms with E-state index in [2.05, 4.69) is 20.6 Å². The maximum Gasteiger partial charge on any atom is 0.308 e. The van der Waals surface area contributed by atoms with Crippen molar-refractivity contribution in [2.45, 2.75) is 25.3 Å². The fraction of sp³-hybridized carbons (Fsp3) is 0.333. The lowest BCUT2D eigenvalue weighted by molar-refractivity contribution is -0.145. The van der Waals surface area contributed by atoms with Crippen LogP contribution in [0.1, 0.15) is 19.3 Å². The molecule has 0 aliphatic heterocycles. The highest BCUT2D eigenvalue weighted by molar-refractivity contribution is 5.72.